The van der Waals surface area contributed by atoms with Gasteiger partial charge in [-0.2, -0.15) is 0 Å². The van der Waals surface area contributed by atoms with Gasteiger partial charge in [-0.05, 0) is 97.8 Å². The molecular formula is C34H54N4O4. The van der Waals surface area contributed by atoms with E-state index in [1.807, 2.05) is 25.7 Å². The summed E-state index contributed by atoms with van der Waals surface area (Å²) in [5.74, 6) is 0.609. The lowest BCUT2D eigenvalue weighted by Gasteiger charge is -2.56. The molecule has 4 aliphatic rings. The second kappa shape index (κ2) is 12.5. The molecule has 0 radical (unpaired) electrons. The Bertz CT molecular complexity index is 1100. The van der Waals surface area contributed by atoms with E-state index in [0.717, 1.165) is 114 Å². The van der Waals surface area contributed by atoms with Crippen molar-refractivity contribution in [2.75, 3.05) is 19.6 Å². The van der Waals surface area contributed by atoms with Crippen LogP contribution in [0.2, 0.25) is 0 Å². The fourth-order valence-electron chi connectivity index (χ4n) is 8.47. The fourth-order valence-corrected chi connectivity index (χ4v) is 8.47. The Morgan fingerprint density at radius 2 is 1.67 bits per heavy atom. The van der Waals surface area contributed by atoms with Crippen molar-refractivity contribution in [3.05, 3.63) is 23.3 Å². The number of aromatic nitrogens is 2. The number of hydrogen-bond acceptors (Lipinski definition) is 7. The standard InChI is InChI=1S/C34H54N4O4/c1-6-7-8-28-22-34(14-11-27(31(40)42-34)21-26-9-12-33(5,41)13-10-26)17-20-38(28)32(4)15-18-37(19-16-32)30(39)29-24(2)35-23-36-25(29)3/h23,26-28,41H,6-22H2,1-5H3. The Balaban J connectivity index is 1.20. The molecule has 8 nitrogen and oxygen atoms in total. The number of aryl methyl sites for hydroxylation is 2. The third-order valence-corrected chi connectivity index (χ3v) is 11.4. The summed E-state index contributed by atoms with van der Waals surface area (Å²) in [5, 5.41) is 10.3. The third-order valence-electron chi connectivity index (χ3n) is 11.4. The first-order valence-electron chi connectivity index (χ1n) is 16.7. The molecule has 4 fully saturated rings. The summed E-state index contributed by atoms with van der Waals surface area (Å²) in [7, 11) is 0. The number of carbonyl (C=O) groups excluding carboxylic acids is 2. The predicted molar refractivity (Wildman–Crippen MR) is 163 cm³/mol. The molecule has 3 atom stereocenters. The summed E-state index contributed by atoms with van der Waals surface area (Å²) >= 11 is 0. The van der Waals surface area contributed by atoms with Crippen LogP contribution in [0.1, 0.15) is 132 Å². The van der Waals surface area contributed by atoms with E-state index in [2.05, 4.69) is 28.7 Å². The van der Waals surface area contributed by atoms with Crippen LogP contribution in [0.4, 0.5) is 0 Å². The van der Waals surface area contributed by atoms with E-state index in [9.17, 15) is 14.7 Å². The van der Waals surface area contributed by atoms with Crippen molar-refractivity contribution in [1.82, 2.24) is 19.8 Å². The topological polar surface area (TPSA) is 95.9 Å². The van der Waals surface area contributed by atoms with Crippen LogP contribution in [0.5, 0.6) is 0 Å². The van der Waals surface area contributed by atoms with Crippen LogP contribution < -0.4 is 0 Å². The maximum atomic E-state index is 13.4. The molecule has 1 saturated carbocycles. The summed E-state index contributed by atoms with van der Waals surface area (Å²) in [5.41, 5.74) is 1.31. The van der Waals surface area contributed by atoms with Crippen molar-refractivity contribution in [3.8, 4) is 0 Å². The highest BCUT2D eigenvalue weighted by Crippen LogP contribution is 2.46. The lowest BCUT2D eigenvalue weighted by atomic mass is 9.72. The largest absolute Gasteiger partial charge is 0.459 e. The van der Waals surface area contributed by atoms with Gasteiger partial charge in [-0.25, -0.2) is 9.97 Å². The van der Waals surface area contributed by atoms with Gasteiger partial charge in [0.15, 0.2) is 0 Å². The highest BCUT2D eigenvalue weighted by molar-refractivity contribution is 5.96. The lowest BCUT2D eigenvalue weighted by molar-refractivity contribution is -0.189. The Kier molecular flexibility index (Phi) is 9.34. The van der Waals surface area contributed by atoms with Gasteiger partial charge in [0.05, 0.1) is 28.5 Å². The molecule has 4 heterocycles. The molecule has 8 heteroatoms. The summed E-state index contributed by atoms with van der Waals surface area (Å²) in [6, 6.07) is 0.392. The van der Waals surface area contributed by atoms with Crippen molar-refractivity contribution >= 4 is 11.9 Å². The van der Waals surface area contributed by atoms with Crippen molar-refractivity contribution in [2.24, 2.45) is 11.8 Å². The smallest absolute Gasteiger partial charge is 0.309 e. The summed E-state index contributed by atoms with van der Waals surface area (Å²) < 4.78 is 6.43. The first-order chi connectivity index (χ1) is 19.9. The second-order valence-electron chi connectivity index (χ2n) is 14.7. The summed E-state index contributed by atoms with van der Waals surface area (Å²) in [6.45, 7) is 12.8. The van der Waals surface area contributed by atoms with E-state index in [1.165, 1.54) is 12.7 Å². The molecule has 1 spiro atoms. The van der Waals surface area contributed by atoms with Crippen LogP contribution >= 0.6 is 0 Å². The molecule has 1 aromatic heterocycles. The van der Waals surface area contributed by atoms with Crippen LogP contribution in [0.25, 0.3) is 0 Å². The highest BCUT2D eigenvalue weighted by atomic mass is 16.6. The number of amides is 1. The Morgan fingerprint density at radius 3 is 2.29 bits per heavy atom. The highest BCUT2D eigenvalue weighted by Gasteiger charge is 2.51. The van der Waals surface area contributed by atoms with Crippen LogP contribution in [-0.2, 0) is 9.53 Å². The SMILES string of the molecule is CCCCC1CC2(CCC(CC3CCC(C)(O)CC3)C(=O)O2)CCN1C1(C)CCN(C(=O)c2c(C)ncnc2C)CC1. The maximum Gasteiger partial charge on any atom is 0.309 e. The number of piperidine rings is 2. The van der Waals surface area contributed by atoms with E-state index < -0.39 is 5.60 Å². The number of esters is 1. The molecule has 3 aliphatic heterocycles. The molecule has 0 bridgehead atoms. The minimum atomic E-state index is -0.535. The molecule has 1 amide bonds. The Hall–Kier alpha value is -2.06. The quantitative estimate of drug-likeness (QED) is 0.408. The average Bonchev–Trinajstić information content (AvgIpc) is 2.94. The summed E-state index contributed by atoms with van der Waals surface area (Å²) in [6.07, 6.45) is 15.2. The minimum absolute atomic E-state index is 0.0115. The van der Waals surface area contributed by atoms with Gasteiger partial charge in [0.1, 0.15) is 11.9 Å². The monoisotopic (exact) mass is 582 g/mol. The van der Waals surface area contributed by atoms with Gasteiger partial charge in [0, 0.05) is 44.1 Å². The van der Waals surface area contributed by atoms with Crippen LogP contribution in [0.15, 0.2) is 6.33 Å². The van der Waals surface area contributed by atoms with Gasteiger partial charge in [0.25, 0.3) is 5.91 Å². The second-order valence-corrected chi connectivity index (χ2v) is 14.7. The van der Waals surface area contributed by atoms with Crippen LogP contribution in [0.3, 0.4) is 0 Å². The van der Waals surface area contributed by atoms with E-state index in [0.29, 0.717) is 17.5 Å². The lowest BCUT2D eigenvalue weighted by Crippen LogP contribution is -2.63. The van der Waals surface area contributed by atoms with E-state index in [-0.39, 0.29) is 28.9 Å². The molecule has 234 valence electrons. The van der Waals surface area contributed by atoms with Crippen molar-refractivity contribution in [2.45, 2.75) is 147 Å². The normalized spacial score (nSPS) is 33.9. The zero-order valence-corrected chi connectivity index (χ0v) is 26.8. The number of ether oxygens (including phenoxy) is 1. The summed E-state index contributed by atoms with van der Waals surface area (Å²) in [4.78, 5) is 40.0. The van der Waals surface area contributed by atoms with E-state index in [1.54, 1.807) is 0 Å². The molecular weight excluding hydrogens is 528 g/mol. The Morgan fingerprint density at radius 1 is 1.00 bits per heavy atom. The van der Waals surface area contributed by atoms with Crippen molar-refractivity contribution in [1.29, 1.82) is 0 Å². The van der Waals surface area contributed by atoms with Crippen LogP contribution in [-0.4, -0.2) is 79.2 Å². The fraction of sp³-hybridized carbons (Fsp3) is 0.824. The number of likely N-dealkylation sites (tertiary alicyclic amines) is 2. The minimum Gasteiger partial charge on any atom is -0.459 e. The molecule has 0 aromatic carbocycles. The average molecular weight is 583 g/mol. The number of carbonyl (C=O) groups is 2. The molecule has 42 heavy (non-hydrogen) atoms. The van der Waals surface area contributed by atoms with Gasteiger partial charge in [-0.3, -0.25) is 14.5 Å². The number of hydrogen-bond donors (Lipinski definition) is 1. The molecule has 5 rings (SSSR count). The Labute approximate surface area is 253 Å². The van der Waals surface area contributed by atoms with Gasteiger partial charge < -0.3 is 14.7 Å². The zero-order valence-electron chi connectivity index (χ0n) is 26.8. The third kappa shape index (κ3) is 6.69. The molecule has 1 N–H and O–H groups in total. The van der Waals surface area contributed by atoms with E-state index >= 15 is 0 Å². The van der Waals surface area contributed by atoms with Gasteiger partial charge in [-0.1, -0.05) is 19.8 Å². The predicted octanol–water partition coefficient (Wildman–Crippen LogP) is 5.77. The molecule has 1 aliphatic carbocycles. The number of nitrogens with zero attached hydrogens (tertiary/aromatic N) is 4. The van der Waals surface area contributed by atoms with Gasteiger partial charge in [-0.15, -0.1) is 0 Å². The molecule has 3 saturated heterocycles. The van der Waals surface area contributed by atoms with Crippen molar-refractivity contribution < 1.29 is 19.4 Å². The molecule has 1 aromatic rings. The first kappa shape index (κ1) is 31.4. The van der Waals surface area contributed by atoms with Gasteiger partial charge in [0.2, 0.25) is 0 Å². The first-order valence-corrected chi connectivity index (χ1v) is 16.7. The molecule has 3 unspecified atom stereocenters. The zero-order chi connectivity index (χ0) is 30.1. The number of aliphatic hydroxyl groups is 1. The van der Waals surface area contributed by atoms with Crippen molar-refractivity contribution in [3.63, 3.8) is 0 Å². The number of unbranched alkanes of at least 4 members (excludes halogenated alkanes) is 1. The van der Waals surface area contributed by atoms with Crippen LogP contribution in [0, 0.1) is 25.7 Å². The van der Waals surface area contributed by atoms with Gasteiger partial charge >= 0.3 is 5.97 Å². The maximum absolute atomic E-state index is 13.4. The number of rotatable bonds is 7. The van der Waals surface area contributed by atoms with E-state index in [4.69, 9.17) is 4.74 Å².